The zero-order chi connectivity index (χ0) is 26.9. The standard InChI is InChI=1S/C39H24N2/c1-3-9-36-32(7-1)33-8-2-4-10-37(33)41(36)29-17-11-25(12-18-29)30-19-13-26-16-22-35-31(28-6-5-23-40-24-28)20-14-27-15-21-34(30)38(26)39(27)35/h1-24H. The van der Waals surface area contributed by atoms with Crippen LogP contribution in [0.5, 0.6) is 0 Å². The van der Waals surface area contributed by atoms with Gasteiger partial charge in [-0.1, -0.05) is 103 Å². The number of nitrogens with zero attached hydrogens (tertiary/aromatic N) is 2. The van der Waals surface area contributed by atoms with Crippen LogP contribution in [0, 0.1) is 0 Å². The molecule has 0 aliphatic carbocycles. The summed E-state index contributed by atoms with van der Waals surface area (Å²) in [6, 6.07) is 48.7. The Morgan fingerprint density at radius 2 is 0.976 bits per heavy atom. The average Bonchev–Trinajstić information content (AvgIpc) is 3.38. The molecule has 9 aromatic rings. The molecule has 0 aliphatic rings. The number of fused-ring (bicyclic) bond motifs is 3. The fraction of sp³-hybridized carbons (Fsp3) is 0. The molecule has 7 aromatic carbocycles. The van der Waals surface area contributed by atoms with Gasteiger partial charge in [0.15, 0.2) is 0 Å². The zero-order valence-corrected chi connectivity index (χ0v) is 22.3. The van der Waals surface area contributed by atoms with E-state index in [2.05, 4.69) is 137 Å². The van der Waals surface area contributed by atoms with Crippen LogP contribution in [0.3, 0.4) is 0 Å². The van der Waals surface area contributed by atoms with Gasteiger partial charge in [0, 0.05) is 34.4 Å². The van der Waals surface area contributed by atoms with Crippen LogP contribution >= 0.6 is 0 Å². The van der Waals surface area contributed by atoms with Gasteiger partial charge >= 0.3 is 0 Å². The van der Waals surface area contributed by atoms with Crippen molar-refractivity contribution < 1.29 is 0 Å². The van der Waals surface area contributed by atoms with Crippen LogP contribution in [0.4, 0.5) is 0 Å². The summed E-state index contributed by atoms with van der Waals surface area (Å²) in [6.07, 6.45) is 3.79. The summed E-state index contributed by atoms with van der Waals surface area (Å²) in [5, 5.41) is 10.3. The van der Waals surface area contributed by atoms with Crippen molar-refractivity contribution in [1.82, 2.24) is 9.55 Å². The molecule has 0 unspecified atom stereocenters. The number of hydrogen-bond donors (Lipinski definition) is 0. The van der Waals surface area contributed by atoms with E-state index in [4.69, 9.17) is 0 Å². The molecule has 2 nitrogen and oxygen atoms in total. The van der Waals surface area contributed by atoms with E-state index >= 15 is 0 Å². The summed E-state index contributed by atoms with van der Waals surface area (Å²) in [4.78, 5) is 4.38. The molecular weight excluding hydrogens is 496 g/mol. The highest BCUT2D eigenvalue weighted by Gasteiger charge is 2.16. The highest BCUT2D eigenvalue weighted by atomic mass is 15.0. The number of rotatable bonds is 3. The molecule has 0 saturated carbocycles. The normalized spacial score (nSPS) is 11.9. The van der Waals surface area contributed by atoms with Crippen molar-refractivity contribution in [2.45, 2.75) is 0 Å². The molecule has 0 amide bonds. The van der Waals surface area contributed by atoms with E-state index in [9.17, 15) is 0 Å². The zero-order valence-electron chi connectivity index (χ0n) is 22.3. The van der Waals surface area contributed by atoms with Crippen LogP contribution in [0.25, 0.3) is 82.1 Å². The number of aromatic nitrogens is 2. The maximum atomic E-state index is 4.38. The van der Waals surface area contributed by atoms with Crippen molar-refractivity contribution in [2.75, 3.05) is 0 Å². The van der Waals surface area contributed by atoms with E-state index in [0.29, 0.717) is 0 Å². The SMILES string of the molecule is c1cncc(-c2ccc3ccc4c(-c5ccc(-n6c7ccccc7c7ccccc76)cc5)ccc5ccc2c3c54)c1. The first-order chi connectivity index (χ1) is 20.3. The molecule has 0 N–H and O–H groups in total. The summed E-state index contributed by atoms with van der Waals surface area (Å²) in [5.74, 6) is 0. The van der Waals surface area contributed by atoms with Crippen LogP contribution < -0.4 is 0 Å². The maximum Gasteiger partial charge on any atom is 0.0541 e. The number of benzene rings is 7. The first-order valence-corrected chi connectivity index (χ1v) is 14.1. The Morgan fingerprint density at radius 1 is 0.415 bits per heavy atom. The second kappa shape index (κ2) is 8.51. The summed E-state index contributed by atoms with van der Waals surface area (Å²) in [7, 11) is 0. The van der Waals surface area contributed by atoms with Crippen LogP contribution in [0.1, 0.15) is 0 Å². The van der Waals surface area contributed by atoms with Gasteiger partial charge in [-0.25, -0.2) is 0 Å². The summed E-state index contributed by atoms with van der Waals surface area (Å²) >= 11 is 0. The topological polar surface area (TPSA) is 17.8 Å². The minimum Gasteiger partial charge on any atom is -0.309 e. The second-order valence-electron chi connectivity index (χ2n) is 10.8. The summed E-state index contributed by atoms with van der Waals surface area (Å²) in [5.41, 5.74) is 8.48. The van der Waals surface area contributed by atoms with E-state index in [-0.39, 0.29) is 0 Å². The molecule has 0 atom stereocenters. The Balaban J connectivity index is 1.24. The van der Waals surface area contributed by atoms with E-state index in [1.165, 1.54) is 76.5 Å². The van der Waals surface area contributed by atoms with Crippen molar-refractivity contribution in [2.24, 2.45) is 0 Å². The Bertz CT molecular complexity index is 2340. The lowest BCUT2D eigenvalue weighted by atomic mass is 9.87. The molecular formula is C39H24N2. The van der Waals surface area contributed by atoms with Gasteiger partial charge in [0.25, 0.3) is 0 Å². The third-order valence-electron chi connectivity index (χ3n) is 8.65. The van der Waals surface area contributed by atoms with Gasteiger partial charge < -0.3 is 4.57 Å². The Kier molecular flexibility index (Phi) is 4.64. The van der Waals surface area contributed by atoms with Gasteiger partial charge in [0.2, 0.25) is 0 Å². The monoisotopic (exact) mass is 520 g/mol. The van der Waals surface area contributed by atoms with Gasteiger partial charge in [-0.2, -0.15) is 0 Å². The molecule has 2 heteroatoms. The van der Waals surface area contributed by atoms with Crippen molar-refractivity contribution in [1.29, 1.82) is 0 Å². The van der Waals surface area contributed by atoms with Crippen LogP contribution in [-0.2, 0) is 0 Å². The highest BCUT2D eigenvalue weighted by molar-refractivity contribution is 6.27. The quantitative estimate of drug-likeness (QED) is 0.212. The van der Waals surface area contributed by atoms with Crippen molar-refractivity contribution in [3.63, 3.8) is 0 Å². The van der Waals surface area contributed by atoms with Crippen LogP contribution in [0.15, 0.2) is 146 Å². The number of hydrogen-bond acceptors (Lipinski definition) is 1. The molecule has 0 spiro atoms. The third kappa shape index (κ3) is 3.22. The van der Waals surface area contributed by atoms with E-state index < -0.39 is 0 Å². The minimum absolute atomic E-state index is 1.14. The Labute approximate surface area is 237 Å². The minimum atomic E-state index is 1.14. The summed E-state index contributed by atoms with van der Waals surface area (Å²) < 4.78 is 2.37. The molecule has 9 rings (SSSR count). The van der Waals surface area contributed by atoms with Gasteiger partial charge in [-0.3, -0.25) is 4.98 Å². The van der Waals surface area contributed by atoms with E-state index in [1.54, 1.807) is 0 Å². The van der Waals surface area contributed by atoms with Gasteiger partial charge in [0.1, 0.15) is 0 Å². The average molecular weight is 521 g/mol. The van der Waals surface area contributed by atoms with Crippen molar-refractivity contribution >= 4 is 54.1 Å². The van der Waals surface area contributed by atoms with Crippen molar-refractivity contribution in [3.8, 4) is 27.9 Å². The van der Waals surface area contributed by atoms with Crippen LogP contribution in [0.2, 0.25) is 0 Å². The molecule has 2 heterocycles. The molecule has 0 radical (unpaired) electrons. The second-order valence-corrected chi connectivity index (χ2v) is 10.8. The fourth-order valence-corrected chi connectivity index (χ4v) is 6.82. The first kappa shape index (κ1) is 22.4. The molecule has 0 aliphatic heterocycles. The summed E-state index contributed by atoms with van der Waals surface area (Å²) in [6.45, 7) is 0. The smallest absolute Gasteiger partial charge is 0.0541 e. The molecule has 0 fully saturated rings. The fourth-order valence-electron chi connectivity index (χ4n) is 6.82. The molecule has 0 saturated heterocycles. The van der Waals surface area contributed by atoms with Gasteiger partial charge in [-0.05, 0) is 79.3 Å². The highest BCUT2D eigenvalue weighted by Crippen LogP contribution is 2.42. The third-order valence-corrected chi connectivity index (χ3v) is 8.65. The largest absolute Gasteiger partial charge is 0.309 e. The van der Waals surface area contributed by atoms with Crippen molar-refractivity contribution in [3.05, 3.63) is 146 Å². The van der Waals surface area contributed by atoms with E-state index in [0.717, 1.165) is 5.56 Å². The molecule has 41 heavy (non-hydrogen) atoms. The van der Waals surface area contributed by atoms with Gasteiger partial charge in [-0.15, -0.1) is 0 Å². The Morgan fingerprint density at radius 3 is 1.56 bits per heavy atom. The van der Waals surface area contributed by atoms with Crippen LogP contribution in [-0.4, -0.2) is 9.55 Å². The lowest BCUT2D eigenvalue weighted by Crippen LogP contribution is -1.94. The maximum absolute atomic E-state index is 4.38. The van der Waals surface area contributed by atoms with E-state index in [1.807, 2.05) is 18.5 Å². The number of para-hydroxylation sites is 2. The predicted molar refractivity (Wildman–Crippen MR) is 173 cm³/mol. The Hall–Kier alpha value is -5.47. The lowest BCUT2D eigenvalue weighted by molar-refractivity contribution is 1.18. The lowest BCUT2D eigenvalue weighted by Gasteiger charge is -2.16. The first-order valence-electron chi connectivity index (χ1n) is 14.1. The molecule has 0 bridgehead atoms. The predicted octanol–water partition coefficient (Wildman–Crippen LogP) is 10.4. The molecule has 2 aromatic heterocycles. The van der Waals surface area contributed by atoms with Gasteiger partial charge in [0.05, 0.1) is 11.0 Å². The number of pyridine rings is 1. The molecule has 190 valence electrons.